The zero-order valence-corrected chi connectivity index (χ0v) is 42.7. The van der Waals surface area contributed by atoms with Crippen molar-refractivity contribution in [2.75, 3.05) is 52.9 Å². The van der Waals surface area contributed by atoms with Crippen molar-refractivity contribution in [1.82, 2.24) is 0 Å². The first kappa shape index (κ1) is 59.7. The van der Waals surface area contributed by atoms with Gasteiger partial charge < -0.3 is 75.8 Å². The van der Waals surface area contributed by atoms with Crippen molar-refractivity contribution in [2.24, 2.45) is 0 Å². The number of rotatable bonds is 27. The van der Waals surface area contributed by atoms with E-state index >= 15 is 0 Å². The molecule has 2 fully saturated rings. The van der Waals surface area contributed by atoms with Crippen molar-refractivity contribution in [3.8, 4) is 34.5 Å². The lowest BCUT2D eigenvalue weighted by Gasteiger charge is -2.17. The number of ether oxygens (including phenoxy) is 16. The van der Waals surface area contributed by atoms with Gasteiger partial charge in [-0.1, -0.05) is 19.2 Å². The van der Waals surface area contributed by atoms with Crippen LogP contribution in [0.4, 0.5) is 24.0 Å². The lowest BCUT2D eigenvalue weighted by Crippen LogP contribution is -2.36. The Kier molecular flexibility index (Phi) is 23.6. The lowest BCUT2D eigenvalue weighted by molar-refractivity contribution is -0.138. The average molecular weight is 1120 g/mol. The normalized spacial score (nSPS) is 15.7. The fourth-order valence-corrected chi connectivity index (χ4v) is 6.96. The highest BCUT2D eigenvalue weighted by Gasteiger charge is 2.51. The van der Waals surface area contributed by atoms with Crippen molar-refractivity contribution in [1.29, 1.82) is 0 Å². The summed E-state index contributed by atoms with van der Waals surface area (Å²) in [6, 6.07) is 21.8. The largest absolute Gasteiger partial charge is 0.519 e. The molecule has 25 heteroatoms. The van der Waals surface area contributed by atoms with Gasteiger partial charge in [0.2, 0.25) is 0 Å². The summed E-state index contributed by atoms with van der Waals surface area (Å²) in [4.78, 5) is 109. The van der Waals surface area contributed by atoms with E-state index in [9.17, 15) is 43.2 Å². The third kappa shape index (κ3) is 20.5. The molecule has 4 atom stereocenters. The maximum absolute atomic E-state index is 13.2. The number of carbonyl (C=O) groups excluding carboxylic acids is 9. The van der Waals surface area contributed by atoms with E-state index in [1.165, 1.54) is 97.1 Å². The summed E-state index contributed by atoms with van der Waals surface area (Å²) in [6.07, 6.45) is -3.59. The van der Waals surface area contributed by atoms with Gasteiger partial charge in [0.25, 0.3) is 0 Å². The molecule has 0 aromatic heterocycles. The molecule has 25 nitrogen and oxygen atoms in total. The van der Waals surface area contributed by atoms with Crippen molar-refractivity contribution in [3.63, 3.8) is 0 Å². The fraction of sp³-hybridized carbons (Fsp3) is 0.327. The summed E-state index contributed by atoms with van der Waals surface area (Å²) in [5, 5.41) is 0. The second-order valence-electron chi connectivity index (χ2n) is 16.6. The van der Waals surface area contributed by atoms with Gasteiger partial charge in [-0.05, 0) is 130 Å². The van der Waals surface area contributed by atoms with Gasteiger partial charge in [-0.2, -0.15) is 0 Å². The Hall–Kier alpha value is -9.49. The molecule has 0 bridgehead atoms. The van der Waals surface area contributed by atoms with E-state index in [0.717, 1.165) is 12.2 Å². The summed E-state index contributed by atoms with van der Waals surface area (Å²) in [6.45, 7) is 6.94. The van der Waals surface area contributed by atoms with Crippen molar-refractivity contribution < 1.29 is 119 Å². The first-order valence-electron chi connectivity index (χ1n) is 24.7. The average Bonchev–Trinajstić information content (AvgIpc) is 4.12. The van der Waals surface area contributed by atoms with Crippen LogP contribution >= 0.6 is 0 Å². The van der Waals surface area contributed by atoms with Crippen LogP contribution in [0.1, 0.15) is 59.2 Å². The van der Waals surface area contributed by atoms with Crippen LogP contribution < -0.4 is 28.4 Å². The molecule has 4 aromatic rings. The minimum Gasteiger partial charge on any atom is -0.463 e. The summed E-state index contributed by atoms with van der Waals surface area (Å²) in [5.41, 5.74) is 0.134. The highest BCUT2D eigenvalue weighted by Crippen LogP contribution is 2.32. The zero-order valence-electron chi connectivity index (χ0n) is 42.7. The molecule has 0 N–H and O–H groups in total. The first-order chi connectivity index (χ1) is 38.7. The van der Waals surface area contributed by atoms with Gasteiger partial charge in [-0.3, -0.25) is 0 Å². The molecule has 0 aliphatic carbocycles. The van der Waals surface area contributed by atoms with Crippen molar-refractivity contribution >= 4 is 54.7 Å². The van der Waals surface area contributed by atoms with Crippen LogP contribution in [0.15, 0.2) is 122 Å². The number of esters is 4. The molecule has 80 heavy (non-hydrogen) atoms. The summed E-state index contributed by atoms with van der Waals surface area (Å²) < 4.78 is 83.5. The molecule has 0 saturated carbocycles. The standard InChI is InChI=1S/C55H54O25/c1-3-45(56)65-26-5-7-28-67-51(60)68-29-9-10-31-70-53(62)74-39-20-24-41(25-21-39)77-55(64)78-42-13-11-12-36(32-42)50(59)80-44-34-72-47-43(33-71-48(44)47)79-49(58)35-14-16-37(17-15-35)75-54(63)76-40-22-18-38(19-23-40)73-52(61)69-30-8-6-27-66-46(57)4-2/h3-4,11-25,32,43-44,47-48H,1-2,5-10,26-31,33-34H2/t43-,44+,47-,48-/m1/s1. The Balaban J connectivity index is 0.832. The molecule has 6 rings (SSSR count). The predicted molar refractivity (Wildman–Crippen MR) is 268 cm³/mol. The minimum atomic E-state index is -1.14. The molecular formula is C55H54O25. The molecule has 2 heterocycles. The van der Waals surface area contributed by atoms with Crippen LogP contribution in [-0.2, 0) is 57.0 Å². The van der Waals surface area contributed by atoms with E-state index in [1.54, 1.807) is 0 Å². The fourth-order valence-electron chi connectivity index (χ4n) is 6.96. The Bertz CT molecular complexity index is 2770. The van der Waals surface area contributed by atoms with E-state index in [-0.39, 0.29) is 98.5 Å². The summed E-state index contributed by atoms with van der Waals surface area (Å²) in [7, 11) is 0. The maximum atomic E-state index is 13.2. The summed E-state index contributed by atoms with van der Waals surface area (Å²) >= 11 is 0. The topological polar surface area (TPSA) is 301 Å². The molecule has 0 radical (unpaired) electrons. The number of fused-ring (bicyclic) bond motifs is 1. The van der Waals surface area contributed by atoms with Crippen LogP contribution in [0.2, 0.25) is 0 Å². The van der Waals surface area contributed by atoms with E-state index in [1.807, 2.05) is 0 Å². The molecule has 2 aliphatic rings. The van der Waals surface area contributed by atoms with Gasteiger partial charge in [0.05, 0.1) is 64.0 Å². The molecule has 0 unspecified atom stereocenters. The number of benzene rings is 4. The minimum absolute atomic E-state index is 0.0211. The van der Waals surface area contributed by atoms with E-state index < -0.39 is 79.1 Å². The van der Waals surface area contributed by atoms with Gasteiger partial charge in [0.15, 0.2) is 12.2 Å². The predicted octanol–water partition coefficient (Wildman–Crippen LogP) is 8.37. The second kappa shape index (κ2) is 31.7. The number of unbranched alkanes of at least 4 members (excludes halogenated alkanes) is 3. The third-order valence-corrected chi connectivity index (χ3v) is 10.8. The Labute approximate surface area is 456 Å². The monoisotopic (exact) mass is 1110 g/mol. The number of hydrogen-bond acceptors (Lipinski definition) is 25. The molecule has 4 aromatic carbocycles. The van der Waals surface area contributed by atoms with E-state index in [0.29, 0.717) is 38.5 Å². The van der Waals surface area contributed by atoms with Crippen LogP contribution in [0.5, 0.6) is 34.5 Å². The Morgan fingerprint density at radius 1 is 0.388 bits per heavy atom. The quantitative estimate of drug-likeness (QED) is 0.0178. The van der Waals surface area contributed by atoms with Crippen molar-refractivity contribution in [3.05, 3.63) is 133 Å². The van der Waals surface area contributed by atoms with Gasteiger partial charge in [-0.15, -0.1) is 0 Å². The zero-order chi connectivity index (χ0) is 57.1. The van der Waals surface area contributed by atoms with Crippen LogP contribution in [0.25, 0.3) is 0 Å². The second-order valence-corrected chi connectivity index (χ2v) is 16.6. The first-order valence-corrected chi connectivity index (χ1v) is 24.7. The Morgan fingerprint density at radius 3 is 1.10 bits per heavy atom. The Morgan fingerprint density at radius 2 is 0.713 bits per heavy atom. The van der Waals surface area contributed by atoms with Crippen LogP contribution in [0.3, 0.4) is 0 Å². The smallest absolute Gasteiger partial charge is 0.463 e. The van der Waals surface area contributed by atoms with Gasteiger partial charge in [0, 0.05) is 12.2 Å². The van der Waals surface area contributed by atoms with Gasteiger partial charge in [-0.25, -0.2) is 43.2 Å². The summed E-state index contributed by atoms with van der Waals surface area (Å²) in [5.74, 6) is -2.29. The highest BCUT2D eigenvalue weighted by molar-refractivity contribution is 5.91. The van der Waals surface area contributed by atoms with Gasteiger partial charge >= 0.3 is 54.7 Å². The molecule has 2 saturated heterocycles. The van der Waals surface area contributed by atoms with Crippen LogP contribution in [-0.4, -0.2) is 132 Å². The van der Waals surface area contributed by atoms with E-state index in [2.05, 4.69) is 13.2 Å². The van der Waals surface area contributed by atoms with Crippen molar-refractivity contribution in [2.45, 2.75) is 62.9 Å². The van der Waals surface area contributed by atoms with Crippen LogP contribution in [0, 0.1) is 0 Å². The molecule has 424 valence electrons. The third-order valence-electron chi connectivity index (χ3n) is 10.8. The molecule has 2 aliphatic heterocycles. The van der Waals surface area contributed by atoms with E-state index in [4.69, 9.17) is 75.8 Å². The molecule has 0 spiro atoms. The lowest BCUT2D eigenvalue weighted by atomic mass is 10.1. The number of carbonyl (C=O) groups is 9. The number of hydrogen-bond donors (Lipinski definition) is 0. The molecule has 0 amide bonds. The maximum Gasteiger partial charge on any atom is 0.519 e. The molecular weight excluding hydrogens is 1060 g/mol. The SMILES string of the molecule is C=CC(=O)OCCCCOC(=O)OCCCCOC(=O)Oc1ccc(OC(=O)Oc2cccc(C(=O)O[C@H]3CO[C@H]4[C@@H]3OC[C@H]4OC(=O)c3ccc(OC(=O)Oc4ccc(OC(=O)OCCCCOC(=O)C=C)cc4)cc3)c2)cc1. The highest BCUT2D eigenvalue weighted by atomic mass is 16.8. The van der Waals surface area contributed by atoms with Gasteiger partial charge in [0.1, 0.15) is 46.7 Å².